The molecule has 1 aliphatic heterocycles. The Morgan fingerprint density at radius 3 is 2.42 bits per heavy atom. The van der Waals surface area contributed by atoms with Crippen molar-refractivity contribution in [1.29, 1.82) is 0 Å². The first kappa shape index (κ1) is 20.3. The summed E-state index contributed by atoms with van der Waals surface area (Å²) in [5.74, 6) is -1.69. The zero-order valence-electron chi connectivity index (χ0n) is 16.8. The van der Waals surface area contributed by atoms with Crippen LogP contribution in [0.2, 0.25) is 0 Å². The van der Waals surface area contributed by atoms with Crippen LogP contribution in [0.4, 0.5) is 21.5 Å². The third-order valence-corrected chi connectivity index (χ3v) is 5.14. The number of aryl methyl sites for hydroxylation is 1. The van der Waals surface area contributed by atoms with E-state index in [1.165, 1.54) is 29.2 Å². The molecule has 4 rings (SSSR count). The number of rotatable bonds is 4. The van der Waals surface area contributed by atoms with E-state index >= 15 is 0 Å². The van der Waals surface area contributed by atoms with Crippen molar-refractivity contribution in [3.63, 3.8) is 0 Å². The molecule has 0 spiro atoms. The molecule has 0 aliphatic carbocycles. The third-order valence-electron chi connectivity index (χ3n) is 5.14. The molecule has 3 aromatic carbocycles. The number of fused-ring (bicyclic) bond motifs is 1. The number of benzene rings is 3. The molecule has 0 radical (unpaired) electrons. The van der Waals surface area contributed by atoms with Crippen LogP contribution in [0.3, 0.4) is 0 Å². The van der Waals surface area contributed by atoms with E-state index in [0.717, 1.165) is 5.56 Å². The maximum absolute atomic E-state index is 13.5. The van der Waals surface area contributed by atoms with Crippen molar-refractivity contribution >= 4 is 34.8 Å². The highest BCUT2D eigenvalue weighted by Crippen LogP contribution is 2.34. The maximum atomic E-state index is 13.5. The zero-order valence-corrected chi connectivity index (χ0v) is 16.8. The molecule has 156 valence electrons. The molecule has 0 unspecified atom stereocenters. The van der Waals surface area contributed by atoms with E-state index in [9.17, 15) is 18.8 Å². The summed E-state index contributed by atoms with van der Waals surface area (Å²) in [6.07, 6.45) is -0.255. The first-order valence-corrected chi connectivity index (χ1v) is 9.78. The number of hydrogen-bond acceptors (Lipinski definition) is 3. The molecule has 1 atom stereocenters. The largest absolute Gasteiger partial charge is 0.326 e. The molecule has 0 fully saturated rings. The molecule has 0 aromatic heterocycles. The molecule has 0 bridgehead atoms. The third kappa shape index (κ3) is 4.16. The van der Waals surface area contributed by atoms with Gasteiger partial charge in [-0.25, -0.2) is 4.39 Å². The van der Waals surface area contributed by atoms with Crippen LogP contribution >= 0.6 is 0 Å². The summed E-state index contributed by atoms with van der Waals surface area (Å²) in [6, 6.07) is 18.4. The van der Waals surface area contributed by atoms with E-state index in [-0.39, 0.29) is 12.3 Å². The molecule has 0 saturated carbocycles. The molecule has 3 amide bonds. The smallest absolute Gasteiger partial charge is 0.259 e. The lowest BCUT2D eigenvalue weighted by Gasteiger charge is -2.36. The summed E-state index contributed by atoms with van der Waals surface area (Å²) in [5, 5.41) is 5.42. The van der Waals surface area contributed by atoms with Gasteiger partial charge in [0.2, 0.25) is 11.8 Å². The fourth-order valence-corrected chi connectivity index (χ4v) is 3.59. The molecule has 1 heterocycles. The van der Waals surface area contributed by atoms with E-state index in [2.05, 4.69) is 10.6 Å². The minimum Gasteiger partial charge on any atom is -0.326 e. The number of carbonyl (C=O) groups is 3. The highest BCUT2D eigenvalue weighted by molar-refractivity contribution is 6.18. The van der Waals surface area contributed by atoms with Crippen LogP contribution in [0.1, 0.15) is 22.3 Å². The number of nitrogens with one attached hydrogen (secondary N) is 2. The van der Waals surface area contributed by atoms with Crippen molar-refractivity contribution in [2.75, 3.05) is 15.5 Å². The van der Waals surface area contributed by atoms with Gasteiger partial charge in [-0.05, 0) is 55.0 Å². The molecule has 3 aromatic rings. The summed E-state index contributed by atoms with van der Waals surface area (Å²) >= 11 is 0. The van der Waals surface area contributed by atoms with E-state index in [0.29, 0.717) is 22.6 Å². The number of nitrogens with zero attached hydrogens (tertiary/aromatic N) is 1. The Bertz CT molecular complexity index is 1160. The minimum absolute atomic E-state index is 0.255. The van der Waals surface area contributed by atoms with Gasteiger partial charge in [0.15, 0.2) is 0 Å². The first-order valence-electron chi connectivity index (χ1n) is 9.78. The quantitative estimate of drug-likeness (QED) is 0.670. The summed E-state index contributed by atoms with van der Waals surface area (Å²) in [4.78, 5) is 40.4. The number of para-hydroxylation sites is 2. The van der Waals surface area contributed by atoms with E-state index in [4.69, 9.17) is 0 Å². The van der Waals surface area contributed by atoms with Gasteiger partial charge < -0.3 is 10.6 Å². The summed E-state index contributed by atoms with van der Waals surface area (Å²) in [6.45, 7) is 1.82. The Morgan fingerprint density at radius 2 is 1.68 bits per heavy atom. The van der Waals surface area contributed by atoms with Crippen LogP contribution in [0, 0.1) is 12.7 Å². The van der Waals surface area contributed by atoms with Gasteiger partial charge in [0.05, 0.1) is 17.8 Å². The van der Waals surface area contributed by atoms with Gasteiger partial charge >= 0.3 is 0 Å². The van der Waals surface area contributed by atoms with E-state index in [1.807, 2.05) is 19.1 Å². The second-order valence-electron chi connectivity index (χ2n) is 7.27. The predicted octanol–water partition coefficient (Wildman–Crippen LogP) is 4.13. The van der Waals surface area contributed by atoms with Crippen LogP contribution < -0.4 is 15.5 Å². The van der Waals surface area contributed by atoms with E-state index < -0.39 is 23.7 Å². The average molecular weight is 417 g/mol. The lowest BCUT2D eigenvalue weighted by atomic mass is 10.0. The summed E-state index contributed by atoms with van der Waals surface area (Å²) < 4.78 is 13.1. The molecule has 0 saturated heterocycles. The van der Waals surface area contributed by atoms with Gasteiger partial charge in [0, 0.05) is 11.3 Å². The van der Waals surface area contributed by atoms with Gasteiger partial charge in [-0.3, -0.25) is 19.3 Å². The van der Waals surface area contributed by atoms with Crippen LogP contribution in [0.15, 0.2) is 72.8 Å². The van der Waals surface area contributed by atoms with Crippen molar-refractivity contribution in [2.45, 2.75) is 19.4 Å². The van der Waals surface area contributed by atoms with Crippen molar-refractivity contribution < 1.29 is 18.8 Å². The van der Waals surface area contributed by atoms with Gasteiger partial charge in [-0.15, -0.1) is 0 Å². The molecule has 31 heavy (non-hydrogen) atoms. The lowest BCUT2D eigenvalue weighted by molar-refractivity contribution is -0.122. The standard InChI is InChI=1S/C24H20FN3O3/c1-15-6-2-3-7-18(15)24(31)28-20-9-5-4-8-19(20)27-23(30)21(28)14-22(29)26-17-12-10-16(25)11-13-17/h2-13,21H,14H2,1H3,(H,26,29)(H,27,30)/t21-/m1/s1. The van der Waals surface area contributed by atoms with E-state index in [1.54, 1.807) is 36.4 Å². The fraction of sp³-hybridized carbons (Fsp3) is 0.125. The SMILES string of the molecule is Cc1ccccc1C(=O)N1c2ccccc2NC(=O)[C@H]1CC(=O)Nc1ccc(F)cc1. The molecule has 6 nitrogen and oxygen atoms in total. The Balaban J connectivity index is 1.66. The van der Waals surface area contributed by atoms with Crippen molar-refractivity contribution in [1.82, 2.24) is 0 Å². The van der Waals surface area contributed by atoms with Crippen LogP contribution in [0.25, 0.3) is 0 Å². The monoisotopic (exact) mass is 417 g/mol. The van der Waals surface area contributed by atoms with Crippen molar-refractivity contribution in [3.05, 3.63) is 89.7 Å². The normalized spacial score (nSPS) is 15.1. The first-order chi connectivity index (χ1) is 14.9. The molecule has 1 aliphatic rings. The fourth-order valence-electron chi connectivity index (χ4n) is 3.59. The average Bonchev–Trinajstić information content (AvgIpc) is 2.76. The zero-order chi connectivity index (χ0) is 22.0. The second kappa shape index (κ2) is 8.39. The second-order valence-corrected chi connectivity index (χ2v) is 7.27. The predicted molar refractivity (Wildman–Crippen MR) is 116 cm³/mol. The summed E-state index contributed by atoms with van der Waals surface area (Å²) in [5.41, 5.74) is 2.65. The van der Waals surface area contributed by atoms with Gasteiger partial charge in [0.1, 0.15) is 11.9 Å². The molecular weight excluding hydrogens is 397 g/mol. The van der Waals surface area contributed by atoms with Gasteiger partial charge in [-0.1, -0.05) is 30.3 Å². The van der Waals surface area contributed by atoms with Crippen LogP contribution in [-0.4, -0.2) is 23.8 Å². The van der Waals surface area contributed by atoms with Crippen LogP contribution in [0.5, 0.6) is 0 Å². The highest BCUT2D eigenvalue weighted by Gasteiger charge is 2.38. The molecule has 7 heteroatoms. The van der Waals surface area contributed by atoms with Crippen molar-refractivity contribution in [2.24, 2.45) is 0 Å². The number of carbonyl (C=O) groups excluding carboxylic acids is 3. The summed E-state index contributed by atoms with van der Waals surface area (Å²) in [7, 11) is 0. The number of halogens is 1. The highest BCUT2D eigenvalue weighted by atomic mass is 19.1. The van der Waals surface area contributed by atoms with Gasteiger partial charge in [0.25, 0.3) is 5.91 Å². The maximum Gasteiger partial charge on any atom is 0.259 e. The Morgan fingerprint density at radius 1 is 1.00 bits per heavy atom. The topological polar surface area (TPSA) is 78.5 Å². The minimum atomic E-state index is -1.04. The van der Waals surface area contributed by atoms with Crippen molar-refractivity contribution in [3.8, 4) is 0 Å². The lowest BCUT2D eigenvalue weighted by Crippen LogP contribution is -2.52. The number of hydrogen-bond donors (Lipinski definition) is 2. The van der Waals surface area contributed by atoms with Gasteiger partial charge in [-0.2, -0.15) is 0 Å². The molecule has 2 N–H and O–H groups in total. The molecular formula is C24H20FN3O3. The number of anilines is 3. The Kier molecular flexibility index (Phi) is 5.49. The Hall–Kier alpha value is -4.00. The van der Waals surface area contributed by atoms with Crippen LogP contribution in [-0.2, 0) is 9.59 Å². The Labute approximate surface area is 178 Å². The number of amides is 3.